The van der Waals surface area contributed by atoms with Crippen LogP contribution in [0.4, 0.5) is 5.69 Å². The van der Waals surface area contributed by atoms with E-state index in [1.807, 2.05) is 0 Å². The topological polar surface area (TPSA) is 60.2 Å². The Balaban J connectivity index is 1.17. The fraction of sp³-hybridized carbons (Fsp3) is 0.606. The molecule has 0 bridgehead atoms. The quantitative estimate of drug-likeness (QED) is 0.447. The minimum absolute atomic E-state index is 0.233. The lowest BCUT2D eigenvalue weighted by Gasteiger charge is -2.30. The molecular weight excluding hydrogens is 484 g/mol. The van der Waals surface area contributed by atoms with Crippen molar-refractivity contribution in [3.8, 4) is 0 Å². The summed E-state index contributed by atoms with van der Waals surface area (Å²) in [7, 11) is 0. The van der Waals surface area contributed by atoms with E-state index in [1.54, 1.807) is 6.33 Å². The van der Waals surface area contributed by atoms with E-state index in [0.717, 1.165) is 80.0 Å². The fourth-order valence-electron chi connectivity index (χ4n) is 8.06. The minimum Gasteiger partial charge on any atom is -0.492 e. The molecule has 6 nitrogen and oxygen atoms in total. The van der Waals surface area contributed by atoms with Gasteiger partial charge in [0.2, 0.25) is 5.91 Å². The number of hydrogen-bond acceptors (Lipinski definition) is 4. The van der Waals surface area contributed by atoms with E-state index >= 15 is 0 Å². The molecule has 4 unspecified atom stereocenters. The summed E-state index contributed by atoms with van der Waals surface area (Å²) in [5.74, 6) is 3.89. The lowest BCUT2D eigenvalue weighted by Crippen LogP contribution is -2.44. The molecule has 7 rings (SSSR count). The van der Waals surface area contributed by atoms with E-state index in [0.29, 0.717) is 24.4 Å². The maximum atomic E-state index is 14.6. The van der Waals surface area contributed by atoms with Gasteiger partial charge in [-0.15, -0.1) is 0 Å². The zero-order chi connectivity index (χ0) is 26.2. The summed E-state index contributed by atoms with van der Waals surface area (Å²) >= 11 is 0. The van der Waals surface area contributed by atoms with Crippen LogP contribution < -0.4 is 4.90 Å². The van der Waals surface area contributed by atoms with Crippen LogP contribution in [0.1, 0.15) is 88.4 Å². The van der Waals surface area contributed by atoms with Crippen LogP contribution in [0.2, 0.25) is 0 Å². The maximum Gasteiger partial charge on any atom is 0.245 e. The second kappa shape index (κ2) is 10.6. The number of allylic oxidation sites excluding steroid dienone is 3. The van der Waals surface area contributed by atoms with Crippen molar-refractivity contribution in [3.05, 3.63) is 65.5 Å². The van der Waals surface area contributed by atoms with Crippen LogP contribution in [0.5, 0.6) is 0 Å². The van der Waals surface area contributed by atoms with Crippen molar-refractivity contribution in [2.45, 2.75) is 95.4 Å². The van der Waals surface area contributed by atoms with Gasteiger partial charge in [0.1, 0.15) is 29.9 Å². The molecular formula is C33H42N4O2. The van der Waals surface area contributed by atoms with Gasteiger partial charge in [-0.25, -0.2) is 4.98 Å². The van der Waals surface area contributed by atoms with Gasteiger partial charge >= 0.3 is 0 Å². The van der Waals surface area contributed by atoms with E-state index in [2.05, 4.69) is 56.1 Å². The number of hydrogen-bond donors (Lipinski definition) is 0. The van der Waals surface area contributed by atoms with Gasteiger partial charge in [-0.2, -0.15) is 5.10 Å². The number of aromatic nitrogens is 3. The molecule has 2 aliphatic carbocycles. The smallest absolute Gasteiger partial charge is 0.245 e. The molecule has 1 saturated heterocycles. The Kier molecular flexibility index (Phi) is 6.82. The lowest BCUT2D eigenvalue weighted by molar-refractivity contribution is -0.122. The molecule has 206 valence electrons. The zero-order valence-corrected chi connectivity index (χ0v) is 23.2. The molecule has 1 spiro atoms. The van der Waals surface area contributed by atoms with Gasteiger partial charge in [-0.3, -0.25) is 9.48 Å². The summed E-state index contributed by atoms with van der Waals surface area (Å²) in [4.78, 5) is 21.2. The average molecular weight is 527 g/mol. The molecule has 4 atom stereocenters. The molecule has 1 amide bonds. The molecule has 2 fully saturated rings. The van der Waals surface area contributed by atoms with Crippen molar-refractivity contribution in [2.24, 2.45) is 17.8 Å². The lowest BCUT2D eigenvalue weighted by atomic mass is 9.70. The van der Waals surface area contributed by atoms with Gasteiger partial charge < -0.3 is 9.64 Å². The molecule has 1 saturated carbocycles. The summed E-state index contributed by atoms with van der Waals surface area (Å²) in [6.07, 6.45) is 22.2. The zero-order valence-electron chi connectivity index (χ0n) is 23.2. The Morgan fingerprint density at radius 2 is 1.67 bits per heavy atom. The van der Waals surface area contributed by atoms with Gasteiger partial charge in [0.25, 0.3) is 0 Å². The van der Waals surface area contributed by atoms with Crippen LogP contribution in [-0.4, -0.2) is 33.8 Å². The first-order valence-electron chi connectivity index (χ1n) is 15.6. The maximum absolute atomic E-state index is 14.6. The van der Waals surface area contributed by atoms with Gasteiger partial charge in [0, 0.05) is 30.8 Å². The van der Waals surface area contributed by atoms with E-state index in [4.69, 9.17) is 4.74 Å². The number of ether oxygens (including phenoxy) is 1. The highest BCUT2D eigenvalue weighted by Crippen LogP contribution is 2.55. The van der Waals surface area contributed by atoms with Crippen LogP contribution in [-0.2, 0) is 27.9 Å². The molecule has 1 aromatic heterocycles. The number of rotatable bonds is 2. The third-order valence-corrected chi connectivity index (χ3v) is 10.2. The normalized spacial score (nSPS) is 31.0. The Morgan fingerprint density at radius 3 is 2.56 bits per heavy atom. The number of benzene rings is 1. The van der Waals surface area contributed by atoms with E-state index in [-0.39, 0.29) is 5.91 Å². The van der Waals surface area contributed by atoms with Crippen molar-refractivity contribution in [3.63, 3.8) is 0 Å². The molecule has 39 heavy (non-hydrogen) atoms. The molecule has 0 N–H and O–H groups in total. The third-order valence-electron chi connectivity index (χ3n) is 10.2. The first-order chi connectivity index (χ1) is 19.2. The van der Waals surface area contributed by atoms with E-state index in [1.165, 1.54) is 44.9 Å². The molecule has 1 aromatic carbocycles. The van der Waals surface area contributed by atoms with Gasteiger partial charge in [0.15, 0.2) is 0 Å². The van der Waals surface area contributed by atoms with Crippen LogP contribution in [0.15, 0.2) is 54.1 Å². The number of nitrogens with zero attached hydrogens (tertiary/aromatic N) is 4. The van der Waals surface area contributed by atoms with E-state index < -0.39 is 5.41 Å². The van der Waals surface area contributed by atoms with Crippen molar-refractivity contribution >= 4 is 11.6 Å². The predicted molar refractivity (Wildman–Crippen MR) is 152 cm³/mol. The largest absolute Gasteiger partial charge is 0.492 e. The first-order valence-corrected chi connectivity index (χ1v) is 15.6. The second-order valence-corrected chi connectivity index (χ2v) is 12.6. The Morgan fingerprint density at radius 1 is 0.897 bits per heavy atom. The SMILES string of the molecule is O=C1N(CC2CCCCn3ncnc3CCC2)c2ccccc2C12COC1=CC3CCCCCCCC3C=C12. The highest BCUT2D eigenvalue weighted by Gasteiger charge is 2.59. The number of para-hydroxylation sites is 1. The Hall–Kier alpha value is -2.89. The van der Waals surface area contributed by atoms with E-state index in [9.17, 15) is 4.79 Å². The summed E-state index contributed by atoms with van der Waals surface area (Å²) in [6.45, 7) is 2.18. The number of carbonyl (C=O) groups excluding carboxylic acids is 1. The molecule has 4 heterocycles. The molecule has 0 radical (unpaired) electrons. The van der Waals surface area contributed by atoms with Crippen LogP contribution in [0, 0.1) is 17.8 Å². The van der Waals surface area contributed by atoms with Crippen LogP contribution in [0.25, 0.3) is 0 Å². The van der Waals surface area contributed by atoms with Crippen molar-refractivity contribution in [1.82, 2.24) is 14.8 Å². The third kappa shape index (κ3) is 4.44. The Labute approximate surface area is 232 Å². The minimum atomic E-state index is -0.682. The highest BCUT2D eigenvalue weighted by atomic mass is 16.5. The number of carbonyl (C=O) groups is 1. The summed E-state index contributed by atoms with van der Waals surface area (Å²) in [5, 5.41) is 4.41. The van der Waals surface area contributed by atoms with Crippen molar-refractivity contribution in [2.75, 3.05) is 18.1 Å². The van der Waals surface area contributed by atoms with Crippen molar-refractivity contribution < 1.29 is 9.53 Å². The number of anilines is 1. The fourth-order valence-corrected chi connectivity index (χ4v) is 8.06. The molecule has 2 aromatic rings. The summed E-state index contributed by atoms with van der Waals surface area (Å²) in [5.41, 5.74) is 2.73. The monoisotopic (exact) mass is 526 g/mol. The predicted octanol–water partition coefficient (Wildman–Crippen LogP) is 6.52. The molecule has 5 aliphatic rings. The van der Waals surface area contributed by atoms with Crippen molar-refractivity contribution in [1.29, 1.82) is 0 Å². The average Bonchev–Trinajstić information content (AvgIpc) is 3.64. The van der Waals surface area contributed by atoms with Gasteiger partial charge in [-0.05, 0) is 74.0 Å². The number of amides is 1. The first kappa shape index (κ1) is 25.1. The Bertz CT molecular complexity index is 1280. The van der Waals surface area contributed by atoms with Crippen LogP contribution in [0.3, 0.4) is 0 Å². The standard InChI is InChI=1S/C33H42N4O2/c38-32-33(22-39-30-20-26-14-5-3-1-2-4-13-25(26)19-28(30)33)27-15-6-7-16-29(27)36(32)21-24-11-8-9-18-37-31(17-10-12-24)34-23-35-37/h6-7,15-16,19-20,23-26H,1-5,8-14,17-18,21-22H2. The second-order valence-electron chi connectivity index (χ2n) is 12.6. The number of aryl methyl sites for hydroxylation is 2. The molecule has 3 aliphatic heterocycles. The highest BCUT2D eigenvalue weighted by molar-refractivity contribution is 6.11. The molecule has 6 heteroatoms. The number of fused-ring (bicyclic) bond motifs is 6. The summed E-state index contributed by atoms with van der Waals surface area (Å²) in [6, 6.07) is 8.55. The van der Waals surface area contributed by atoms with Gasteiger partial charge in [0.05, 0.1) is 0 Å². The summed E-state index contributed by atoms with van der Waals surface area (Å²) < 4.78 is 8.51. The van der Waals surface area contributed by atoms with Crippen LogP contribution >= 0.6 is 0 Å². The van der Waals surface area contributed by atoms with Gasteiger partial charge in [-0.1, -0.05) is 62.8 Å².